The van der Waals surface area contributed by atoms with Gasteiger partial charge in [0.25, 0.3) is 5.91 Å². The number of carbonyl (C=O) groups excluding carboxylic acids is 1. The fraction of sp³-hybridized carbons (Fsp3) is 0.250. The quantitative estimate of drug-likeness (QED) is 0.758. The molecule has 114 valence electrons. The van der Waals surface area contributed by atoms with Gasteiger partial charge in [0.2, 0.25) is 0 Å². The molecule has 2 atom stereocenters. The molecule has 1 heterocycles. The van der Waals surface area contributed by atoms with Gasteiger partial charge < -0.3 is 10.4 Å². The van der Waals surface area contributed by atoms with Gasteiger partial charge in [0.15, 0.2) is 0 Å². The number of H-pyrrole nitrogens is 1. The van der Waals surface area contributed by atoms with Crippen molar-refractivity contribution in [3.05, 3.63) is 53.2 Å². The molecule has 1 aliphatic rings. The van der Waals surface area contributed by atoms with Crippen LogP contribution in [0.4, 0.5) is 0 Å². The summed E-state index contributed by atoms with van der Waals surface area (Å²) in [5.41, 5.74) is 1.79. The normalized spacial score (nSPS) is 20.3. The molecule has 3 rings (SSSR count). The molecule has 0 saturated carbocycles. The summed E-state index contributed by atoms with van der Waals surface area (Å²) in [7, 11) is 0. The van der Waals surface area contributed by atoms with Gasteiger partial charge in [-0.1, -0.05) is 42.0 Å². The van der Waals surface area contributed by atoms with E-state index in [-0.39, 0.29) is 24.5 Å². The minimum atomic E-state index is -0.223. The van der Waals surface area contributed by atoms with Crippen molar-refractivity contribution in [1.29, 1.82) is 0 Å². The van der Waals surface area contributed by atoms with Crippen LogP contribution in [0, 0.1) is 5.92 Å². The molecule has 2 aromatic rings. The summed E-state index contributed by atoms with van der Waals surface area (Å²) in [4.78, 5) is 12.2. The fourth-order valence-electron chi connectivity index (χ4n) is 2.51. The molecule has 0 radical (unpaired) electrons. The monoisotopic (exact) mass is 317 g/mol. The van der Waals surface area contributed by atoms with E-state index in [0.717, 1.165) is 5.56 Å². The Bertz CT molecular complexity index is 711. The largest absolute Gasteiger partial charge is 0.396 e. The first-order valence-corrected chi connectivity index (χ1v) is 7.45. The number of halogens is 1. The highest BCUT2D eigenvalue weighted by Gasteiger charge is 2.21. The number of aliphatic hydroxyl groups is 1. The molecule has 1 amide bonds. The van der Waals surface area contributed by atoms with Crippen molar-refractivity contribution in [3.63, 3.8) is 0 Å². The highest BCUT2D eigenvalue weighted by atomic mass is 35.5. The Morgan fingerprint density at radius 2 is 2.23 bits per heavy atom. The lowest BCUT2D eigenvalue weighted by Crippen LogP contribution is -2.33. The number of hydrogen-bond donors (Lipinski definition) is 3. The Balaban J connectivity index is 1.70. The second kappa shape index (κ2) is 6.34. The van der Waals surface area contributed by atoms with Crippen molar-refractivity contribution in [1.82, 2.24) is 15.5 Å². The number of aromatic amines is 1. The number of nitrogens with one attached hydrogen (secondary N) is 2. The zero-order chi connectivity index (χ0) is 15.5. The molecule has 0 saturated heterocycles. The molecule has 0 spiro atoms. The third-order valence-electron chi connectivity index (χ3n) is 3.70. The molecular formula is C16H16ClN3O2. The highest BCUT2D eigenvalue weighted by molar-refractivity contribution is 6.33. The average molecular weight is 318 g/mol. The summed E-state index contributed by atoms with van der Waals surface area (Å²) in [6.45, 7) is 0.101. The molecular weight excluding hydrogens is 302 g/mol. The molecule has 1 aromatic carbocycles. The van der Waals surface area contributed by atoms with E-state index < -0.39 is 0 Å². The van der Waals surface area contributed by atoms with Crippen LogP contribution in [-0.2, 0) is 0 Å². The molecule has 6 heteroatoms. The molecule has 0 bridgehead atoms. The summed E-state index contributed by atoms with van der Waals surface area (Å²) >= 11 is 6.13. The van der Waals surface area contributed by atoms with E-state index in [0.29, 0.717) is 22.8 Å². The van der Waals surface area contributed by atoms with Crippen LogP contribution < -0.4 is 5.32 Å². The van der Waals surface area contributed by atoms with Gasteiger partial charge in [-0.25, -0.2) is 0 Å². The summed E-state index contributed by atoms with van der Waals surface area (Å²) in [5, 5.41) is 19.5. The van der Waals surface area contributed by atoms with Crippen LogP contribution in [0.1, 0.15) is 16.9 Å². The van der Waals surface area contributed by atoms with Crippen molar-refractivity contribution in [2.75, 3.05) is 6.61 Å². The number of carbonyl (C=O) groups is 1. The number of benzene rings is 1. The molecule has 0 aliphatic heterocycles. The number of aliphatic hydroxyl groups excluding tert-OH is 1. The van der Waals surface area contributed by atoms with E-state index in [1.165, 1.54) is 0 Å². The lowest BCUT2D eigenvalue weighted by atomic mass is 10.1. The molecule has 0 fully saturated rings. The molecule has 22 heavy (non-hydrogen) atoms. The van der Waals surface area contributed by atoms with Crippen LogP contribution in [0.2, 0.25) is 5.02 Å². The molecule has 1 aliphatic carbocycles. The SMILES string of the molecule is O=C(N[C@@H]1C=C[C@H](CO)C1)c1cc(-c2ccccc2Cl)n[nH]1. The van der Waals surface area contributed by atoms with Gasteiger partial charge in [-0.2, -0.15) is 5.10 Å². The van der Waals surface area contributed by atoms with E-state index in [2.05, 4.69) is 15.5 Å². The summed E-state index contributed by atoms with van der Waals surface area (Å²) in [6.07, 6.45) is 4.55. The Labute approximate surface area is 133 Å². The molecule has 5 nitrogen and oxygen atoms in total. The fourth-order valence-corrected chi connectivity index (χ4v) is 2.74. The molecule has 0 unspecified atom stereocenters. The topological polar surface area (TPSA) is 78.0 Å². The average Bonchev–Trinajstić information content (AvgIpc) is 3.16. The van der Waals surface area contributed by atoms with Gasteiger partial charge in [-0.05, 0) is 18.6 Å². The number of hydrogen-bond acceptors (Lipinski definition) is 3. The Kier molecular flexibility index (Phi) is 4.27. The Morgan fingerprint density at radius 3 is 2.95 bits per heavy atom. The number of rotatable bonds is 4. The van der Waals surface area contributed by atoms with Crippen LogP contribution >= 0.6 is 11.6 Å². The van der Waals surface area contributed by atoms with Crippen molar-refractivity contribution in [2.24, 2.45) is 5.92 Å². The molecule has 3 N–H and O–H groups in total. The van der Waals surface area contributed by atoms with E-state index in [1.807, 2.05) is 30.4 Å². The van der Waals surface area contributed by atoms with Crippen molar-refractivity contribution < 1.29 is 9.90 Å². The predicted molar refractivity (Wildman–Crippen MR) is 84.6 cm³/mol. The first-order chi connectivity index (χ1) is 10.7. The first-order valence-electron chi connectivity index (χ1n) is 7.07. The minimum Gasteiger partial charge on any atom is -0.396 e. The van der Waals surface area contributed by atoms with Crippen LogP contribution in [0.25, 0.3) is 11.3 Å². The van der Waals surface area contributed by atoms with Gasteiger partial charge in [0.1, 0.15) is 5.69 Å². The smallest absolute Gasteiger partial charge is 0.269 e. The van der Waals surface area contributed by atoms with Gasteiger partial charge >= 0.3 is 0 Å². The van der Waals surface area contributed by atoms with E-state index in [1.54, 1.807) is 12.1 Å². The Hall–Kier alpha value is -2.11. The van der Waals surface area contributed by atoms with Crippen molar-refractivity contribution in [2.45, 2.75) is 12.5 Å². The second-order valence-electron chi connectivity index (χ2n) is 5.29. The van der Waals surface area contributed by atoms with Gasteiger partial charge in [0, 0.05) is 24.1 Å². The lowest BCUT2D eigenvalue weighted by Gasteiger charge is -2.11. The van der Waals surface area contributed by atoms with Crippen LogP contribution in [-0.4, -0.2) is 33.9 Å². The van der Waals surface area contributed by atoms with E-state index >= 15 is 0 Å². The maximum Gasteiger partial charge on any atom is 0.269 e. The number of nitrogens with zero attached hydrogens (tertiary/aromatic N) is 1. The van der Waals surface area contributed by atoms with E-state index in [9.17, 15) is 4.79 Å². The minimum absolute atomic E-state index is 0.0586. The number of amides is 1. The molecule has 1 aromatic heterocycles. The first kappa shape index (κ1) is 14.8. The third-order valence-corrected chi connectivity index (χ3v) is 4.03. The summed E-state index contributed by atoms with van der Waals surface area (Å²) in [6, 6.07) is 8.97. The van der Waals surface area contributed by atoms with Gasteiger partial charge in [-0.15, -0.1) is 0 Å². The number of aromatic nitrogens is 2. The van der Waals surface area contributed by atoms with Crippen molar-refractivity contribution in [3.8, 4) is 11.3 Å². The van der Waals surface area contributed by atoms with E-state index in [4.69, 9.17) is 16.7 Å². The standard InChI is InChI=1S/C16H16ClN3O2/c17-13-4-2-1-3-12(13)14-8-15(20-19-14)16(22)18-11-6-5-10(7-11)9-21/h1-6,8,10-11,21H,7,9H2,(H,18,22)(H,19,20)/t10-,11+/m0/s1. The lowest BCUT2D eigenvalue weighted by molar-refractivity contribution is 0.0936. The second-order valence-corrected chi connectivity index (χ2v) is 5.70. The summed E-state index contributed by atoms with van der Waals surface area (Å²) in [5.74, 6) is -0.107. The van der Waals surface area contributed by atoms with Crippen LogP contribution in [0.15, 0.2) is 42.5 Å². The maximum atomic E-state index is 12.2. The zero-order valence-corrected chi connectivity index (χ0v) is 12.5. The summed E-state index contributed by atoms with van der Waals surface area (Å²) < 4.78 is 0. The van der Waals surface area contributed by atoms with Crippen LogP contribution in [0.5, 0.6) is 0 Å². The van der Waals surface area contributed by atoms with Crippen LogP contribution in [0.3, 0.4) is 0 Å². The highest BCUT2D eigenvalue weighted by Crippen LogP contribution is 2.26. The predicted octanol–water partition coefficient (Wildman–Crippen LogP) is 2.40. The van der Waals surface area contributed by atoms with Gasteiger partial charge in [0.05, 0.1) is 10.7 Å². The van der Waals surface area contributed by atoms with Crippen molar-refractivity contribution >= 4 is 17.5 Å². The maximum absolute atomic E-state index is 12.2. The Morgan fingerprint density at radius 1 is 1.41 bits per heavy atom. The van der Waals surface area contributed by atoms with Gasteiger partial charge in [-0.3, -0.25) is 9.89 Å². The zero-order valence-electron chi connectivity index (χ0n) is 11.8. The third kappa shape index (κ3) is 3.05.